The third-order valence-corrected chi connectivity index (χ3v) is 5.68. The lowest BCUT2D eigenvalue weighted by molar-refractivity contribution is -0.116. The molecule has 1 aliphatic carbocycles. The van der Waals surface area contributed by atoms with E-state index < -0.39 is 0 Å². The third kappa shape index (κ3) is 3.81. The van der Waals surface area contributed by atoms with E-state index in [9.17, 15) is 9.18 Å². The number of amides is 1. The van der Waals surface area contributed by atoms with Crippen LogP contribution in [0.1, 0.15) is 41.3 Å². The molecule has 0 atom stereocenters. The van der Waals surface area contributed by atoms with Gasteiger partial charge >= 0.3 is 0 Å². The number of rotatable bonds is 6. The predicted molar refractivity (Wildman–Crippen MR) is 115 cm³/mol. The van der Waals surface area contributed by atoms with E-state index in [0.29, 0.717) is 23.8 Å². The van der Waals surface area contributed by atoms with Crippen LogP contribution < -0.4 is 5.32 Å². The van der Waals surface area contributed by atoms with Crippen LogP contribution in [-0.2, 0) is 17.9 Å². The van der Waals surface area contributed by atoms with Gasteiger partial charge < -0.3 is 5.32 Å². The second-order valence-corrected chi connectivity index (χ2v) is 8.08. The van der Waals surface area contributed by atoms with Gasteiger partial charge in [-0.3, -0.25) is 9.48 Å². The van der Waals surface area contributed by atoms with Crippen LogP contribution in [0, 0.1) is 19.7 Å². The Morgan fingerprint density at radius 3 is 2.74 bits per heavy atom. The number of carbonyl (C=O) groups is 1. The summed E-state index contributed by atoms with van der Waals surface area (Å²) in [5.41, 5.74) is 4.27. The largest absolute Gasteiger partial charge is 0.308 e. The van der Waals surface area contributed by atoms with Gasteiger partial charge in [-0.1, -0.05) is 18.2 Å². The van der Waals surface area contributed by atoms with Gasteiger partial charge in [0.2, 0.25) is 5.91 Å². The van der Waals surface area contributed by atoms with Gasteiger partial charge in [0.05, 0.1) is 12.2 Å². The van der Waals surface area contributed by atoms with Crippen LogP contribution in [0.5, 0.6) is 0 Å². The molecule has 3 aromatic heterocycles. The highest BCUT2D eigenvalue weighted by Gasteiger charge is 2.27. The SMILES string of the molecule is Cc1nn(CC(=O)Nc2cc(C)n(Cc3ccccc3F)n2)c2nccc(C3CC3)c12. The molecule has 3 heterocycles. The fraction of sp³-hybridized carbons (Fsp3) is 0.304. The molecule has 1 aliphatic rings. The second kappa shape index (κ2) is 7.61. The summed E-state index contributed by atoms with van der Waals surface area (Å²) in [6.45, 7) is 4.17. The number of carbonyl (C=O) groups excluding carboxylic acids is 1. The Kier molecular flexibility index (Phi) is 4.77. The number of nitrogens with zero attached hydrogens (tertiary/aromatic N) is 5. The normalized spacial score (nSPS) is 13.6. The summed E-state index contributed by atoms with van der Waals surface area (Å²) >= 11 is 0. The number of hydrogen-bond acceptors (Lipinski definition) is 4. The molecule has 0 unspecified atom stereocenters. The number of hydrogen-bond donors (Lipinski definition) is 1. The zero-order valence-electron chi connectivity index (χ0n) is 17.5. The van der Waals surface area contributed by atoms with E-state index in [1.807, 2.05) is 13.8 Å². The van der Waals surface area contributed by atoms with Crippen LogP contribution in [0.25, 0.3) is 11.0 Å². The molecule has 4 aromatic rings. The smallest absolute Gasteiger partial charge is 0.247 e. The van der Waals surface area contributed by atoms with Crippen molar-refractivity contribution in [2.45, 2.75) is 45.7 Å². The topological polar surface area (TPSA) is 77.6 Å². The summed E-state index contributed by atoms with van der Waals surface area (Å²) in [6.07, 6.45) is 4.18. The Morgan fingerprint density at radius 2 is 1.97 bits per heavy atom. The molecule has 7 nitrogen and oxygen atoms in total. The van der Waals surface area contributed by atoms with Crippen molar-refractivity contribution in [3.05, 3.63) is 70.9 Å². The van der Waals surface area contributed by atoms with Crippen LogP contribution in [0.3, 0.4) is 0 Å². The number of aromatic nitrogens is 5. The maximum absolute atomic E-state index is 14.0. The van der Waals surface area contributed by atoms with Gasteiger partial charge in [-0.2, -0.15) is 10.2 Å². The molecule has 1 amide bonds. The molecule has 0 aliphatic heterocycles. The van der Waals surface area contributed by atoms with E-state index in [-0.39, 0.29) is 18.3 Å². The summed E-state index contributed by atoms with van der Waals surface area (Å²) in [5.74, 6) is 0.497. The Morgan fingerprint density at radius 1 is 1.16 bits per heavy atom. The van der Waals surface area contributed by atoms with E-state index in [2.05, 4.69) is 26.6 Å². The number of aryl methyl sites for hydroxylation is 2. The molecule has 31 heavy (non-hydrogen) atoms. The number of pyridine rings is 1. The van der Waals surface area contributed by atoms with Crippen molar-refractivity contribution >= 4 is 22.8 Å². The van der Waals surface area contributed by atoms with Crippen molar-refractivity contribution in [1.82, 2.24) is 24.5 Å². The number of halogens is 1. The van der Waals surface area contributed by atoms with E-state index in [0.717, 1.165) is 22.4 Å². The minimum absolute atomic E-state index is 0.0463. The predicted octanol–water partition coefficient (Wildman–Crippen LogP) is 3.95. The Labute approximate surface area is 178 Å². The van der Waals surface area contributed by atoms with Crippen molar-refractivity contribution < 1.29 is 9.18 Å². The quantitative estimate of drug-likeness (QED) is 0.514. The van der Waals surface area contributed by atoms with Crippen LogP contribution in [0.15, 0.2) is 42.6 Å². The van der Waals surface area contributed by atoms with Gasteiger partial charge in [0.25, 0.3) is 0 Å². The van der Waals surface area contributed by atoms with Gasteiger partial charge in [0.15, 0.2) is 11.5 Å². The molecule has 0 radical (unpaired) electrons. The average Bonchev–Trinajstić information content (AvgIpc) is 3.47. The molecule has 1 saturated carbocycles. The molecular weight excluding hydrogens is 395 g/mol. The molecule has 0 saturated heterocycles. The molecule has 5 rings (SSSR count). The van der Waals surface area contributed by atoms with Crippen molar-refractivity contribution in [3.63, 3.8) is 0 Å². The summed E-state index contributed by atoms with van der Waals surface area (Å²) in [4.78, 5) is 17.2. The monoisotopic (exact) mass is 418 g/mol. The lowest BCUT2D eigenvalue weighted by Gasteiger charge is -2.06. The van der Waals surface area contributed by atoms with Crippen molar-refractivity contribution in [2.24, 2.45) is 0 Å². The van der Waals surface area contributed by atoms with Crippen molar-refractivity contribution in [3.8, 4) is 0 Å². The van der Waals surface area contributed by atoms with Crippen LogP contribution in [0.2, 0.25) is 0 Å². The van der Waals surface area contributed by atoms with E-state index in [1.54, 1.807) is 39.8 Å². The highest BCUT2D eigenvalue weighted by Crippen LogP contribution is 2.43. The number of fused-ring (bicyclic) bond motifs is 1. The first-order valence-electron chi connectivity index (χ1n) is 10.4. The summed E-state index contributed by atoms with van der Waals surface area (Å²) < 4.78 is 17.3. The molecule has 0 spiro atoms. The molecule has 1 fully saturated rings. The van der Waals surface area contributed by atoms with Crippen molar-refractivity contribution in [2.75, 3.05) is 5.32 Å². The summed E-state index contributed by atoms with van der Waals surface area (Å²) in [7, 11) is 0. The number of benzene rings is 1. The zero-order chi connectivity index (χ0) is 21.5. The standard InChI is InChI=1S/C23H23FN6O/c1-14-11-20(28-29(14)12-17-5-3-4-6-19(17)24)26-21(31)13-30-23-22(15(2)27-30)18(9-10-25-23)16-7-8-16/h3-6,9-11,16H,7-8,12-13H2,1-2H3,(H,26,28,31). The Hall–Kier alpha value is -3.55. The highest BCUT2D eigenvalue weighted by molar-refractivity contribution is 5.91. The first kappa shape index (κ1) is 19.4. The van der Waals surface area contributed by atoms with Crippen LogP contribution in [0.4, 0.5) is 10.2 Å². The molecule has 1 N–H and O–H groups in total. The highest BCUT2D eigenvalue weighted by atomic mass is 19.1. The Bertz CT molecular complexity index is 1290. The molecule has 8 heteroatoms. The molecule has 0 bridgehead atoms. The van der Waals surface area contributed by atoms with Gasteiger partial charge in [-0.25, -0.2) is 14.1 Å². The van der Waals surface area contributed by atoms with Gasteiger partial charge in [0.1, 0.15) is 12.4 Å². The van der Waals surface area contributed by atoms with Gasteiger partial charge in [-0.05, 0) is 50.3 Å². The van der Waals surface area contributed by atoms with Gasteiger partial charge in [-0.15, -0.1) is 0 Å². The lowest BCUT2D eigenvalue weighted by atomic mass is 10.1. The summed E-state index contributed by atoms with van der Waals surface area (Å²) in [5, 5.41) is 12.9. The maximum atomic E-state index is 14.0. The van der Waals surface area contributed by atoms with E-state index in [4.69, 9.17) is 0 Å². The minimum atomic E-state index is -0.276. The first-order valence-corrected chi connectivity index (χ1v) is 10.4. The average molecular weight is 418 g/mol. The Balaban J connectivity index is 1.33. The van der Waals surface area contributed by atoms with E-state index >= 15 is 0 Å². The fourth-order valence-electron chi connectivity index (χ4n) is 3.99. The van der Waals surface area contributed by atoms with Crippen LogP contribution >= 0.6 is 0 Å². The zero-order valence-corrected chi connectivity index (χ0v) is 17.5. The maximum Gasteiger partial charge on any atom is 0.247 e. The van der Waals surface area contributed by atoms with Gasteiger partial charge in [0, 0.05) is 28.9 Å². The summed E-state index contributed by atoms with van der Waals surface area (Å²) in [6, 6.07) is 10.4. The molecular formula is C23H23FN6O. The molecule has 158 valence electrons. The minimum Gasteiger partial charge on any atom is -0.308 e. The second-order valence-electron chi connectivity index (χ2n) is 8.08. The first-order chi connectivity index (χ1) is 15.0. The lowest BCUT2D eigenvalue weighted by Crippen LogP contribution is -2.20. The molecule has 1 aromatic carbocycles. The number of anilines is 1. The number of nitrogens with one attached hydrogen (secondary N) is 1. The van der Waals surface area contributed by atoms with Crippen LogP contribution in [-0.4, -0.2) is 30.5 Å². The van der Waals surface area contributed by atoms with E-state index in [1.165, 1.54) is 24.5 Å². The fourth-order valence-corrected chi connectivity index (χ4v) is 3.99. The van der Waals surface area contributed by atoms with Crippen molar-refractivity contribution in [1.29, 1.82) is 0 Å². The third-order valence-electron chi connectivity index (χ3n) is 5.68.